The predicted molar refractivity (Wildman–Crippen MR) is 91.0 cm³/mol. The van der Waals surface area contributed by atoms with Crippen LogP contribution in [-0.2, 0) is 16.0 Å². The molecule has 0 aliphatic rings. The smallest absolute Gasteiger partial charge is 0.326 e. The highest BCUT2D eigenvalue weighted by Crippen LogP contribution is 2.08. The average Bonchev–Trinajstić information content (AvgIpc) is 3.09. The van der Waals surface area contributed by atoms with Crippen LogP contribution in [-0.4, -0.2) is 35.0 Å². The first-order valence-electron chi connectivity index (χ1n) is 7.39. The Labute approximate surface area is 143 Å². The SMILES string of the molecule is CC(NC(=O)c1cccs1)C(=O)NC(Cc1ccccc1)C(=O)O. The zero-order valence-corrected chi connectivity index (χ0v) is 13.9. The summed E-state index contributed by atoms with van der Waals surface area (Å²) in [5, 5.41) is 16.1. The first-order chi connectivity index (χ1) is 11.5. The quantitative estimate of drug-likeness (QED) is 0.711. The maximum Gasteiger partial charge on any atom is 0.326 e. The van der Waals surface area contributed by atoms with Crippen molar-refractivity contribution in [2.75, 3.05) is 0 Å². The first-order valence-corrected chi connectivity index (χ1v) is 8.27. The van der Waals surface area contributed by atoms with Gasteiger partial charge in [0.2, 0.25) is 5.91 Å². The molecule has 7 heteroatoms. The molecule has 6 nitrogen and oxygen atoms in total. The topological polar surface area (TPSA) is 95.5 Å². The number of thiophene rings is 1. The molecule has 0 saturated heterocycles. The number of hydrogen-bond donors (Lipinski definition) is 3. The molecule has 1 heterocycles. The van der Waals surface area contributed by atoms with Crippen molar-refractivity contribution in [1.29, 1.82) is 0 Å². The van der Waals surface area contributed by atoms with Gasteiger partial charge in [-0.2, -0.15) is 0 Å². The van der Waals surface area contributed by atoms with Crippen LogP contribution in [0, 0.1) is 0 Å². The van der Waals surface area contributed by atoms with Crippen molar-refractivity contribution in [3.63, 3.8) is 0 Å². The van der Waals surface area contributed by atoms with E-state index < -0.39 is 24.0 Å². The minimum atomic E-state index is -1.12. The van der Waals surface area contributed by atoms with Crippen molar-refractivity contribution in [3.05, 3.63) is 58.3 Å². The maximum absolute atomic E-state index is 12.2. The Morgan fingerprint density at radius 3 is 2.38 bits per heavy atom. The van der Waals surface area contributed by atoms with E-state index in [1.54, 1.807) is 41.8 Å². The second-order valence-corrected chi connectivity index (χ2v) is 6.21. The molecule has 3 N–H and O–H groups in total. The van der Waals surface area contributed by atoms with E-state index in [0.29, 0.717) is 4.88 Å². The van der Waals surface area contributed by atoms with Crippen LogP contribution in [0.5, 0.6) is 0 Å². The molecular weight excluding hydrogens is 328 g/mol. The number of carbonyl (C=O) groups excluding carboxylic acids is 2. The number of carboxylic acids is 1. The Bertz CT molecular complexity index is 701. The number of benzene rings is 1. The summed E-state index contributed by atoms with van der Waals surface area (Å²) in [7, 11) is 0. The minimum Gasteiger partial charge on any atom is -0.480 e. The zero-order chi connectivity index (χ0) is 17.5. The number of rotatable bonds is 7. The number of nitrogens with one attached hydrogen (secondary N) is 2. The van der Waals surface area contributed by atoms with Crippen LogP contribution in [0.1, 0.15) is 22.2 Å². The number of carboxylic acid groups (broad SMARTS) is 1. The van der Waals surface area contributed by atoms with E-state index in [9.17, 15) is 19.5 Å². The van der Waals surface area contributed by atoms with Gasteiger partial charge in [0.1, 0.15) is 12.1 Å². The molecule has 2 amide bonds. The van der Waals surface area contributed by atoms with Gasteiger partial charge >= 0.3 is 5.97 Å². The van der Waals surface area contributed by atoms with Gasteiger partial charge in [0.25, 0.3) is 5.91 Å². The minimum absolute atomic E-state index is 0.174. The molecule has 24 heavy (non-hydrogen) atoms. The highest BCUT2D eigenvalue weighted by atomic mass is 32.1. The van der Waals surface area contributed by atoms with Crippen LogP contribution in [0.3, 0.4) is 0 Å². The van der Waals surface area contributed by atoms with E-state index in [2.05, 4.69) is 10.6 Å². The predicted octanol–water partition coefficient (Wildman–Crippen LogP) is 1.68. The molecule has 0 spiro atoms. The van der Waals surface area contributed by atoms with Crippen LogP contribution in [0.2, 0.25) is 0 Å². The lowest BCUT2D eigenvalue weighted by Crippen LogP contribution is -2.51. The number of amides is 2. The third-order valence-corrected chi connectivity index (χ3v) is 4.25. The van der Waals surface area contributed by atoms with E-state index in [0.717, 1.165) is 5.56 Å². The molecule has 2 aromatic rings. The lowest BCUT2D eigenvalue weighted by atomic mass is 10.1. The molecule has 126 valence electrons. The second-order valence-electron chi connectivity index (χ2n) is 5.26. The van der Waals surface area contributed by atoms with Crippen LogP contribution in [0.4, 0.5) is 0 Å². The van der Waals surface area contributed by atoms with Crippen LogP contribution < -0.4 is 10.6 Å². The lowest BCUT2D eigenvalue weighted by Gasteiger charge is -2.18. The van der Waals surface area contributed by atoms with Gasteiger partial charge < -0.3 is 15.7 Å². The number of carbonyl (C=O) groups is 3. The molecule has 0 aliphatic heterocycles. The van der Waals surface area contributed by atoms with Crippen LogP contribution in [0.25, 0.3) is 0 Å². The van der Waals surface area contributed by atoms with Crippen LogP contribution >= 0.6 is 11.3 Å². The molecule has 0 fully saturated rings. The molecule has 2 atom stereocenters. The van der Waals surface area contributed by atoms with Gasteiger partial charge in [0.05, 0.1) is 4.88 Å². The third-order valence-electron chi connectivity index (χ3n) is 3.38. The highest BCUT2D eigenvalue weighted by molar-refractivity contribution is 7.12. The van der Waals surface area contributed by atoms with Crippen molar-refractivity contribution in [1.82, 2.24) is 10.6 Å². The van der Waals surface area contributed by atoms with Gasteiger partial charge in [0.15, 0.2) is 0 Å². The van der Waals surface area contributed by atoms with Crippen molar-refractivity contribution in [2.24, 2.45) is 0 Å². The average molecular weight is 346 g/mol. The number of hydrogen-bond acceptors (Lipinski definition) is 4. The van der Waals surface area contributed by atoms with Gasteiger partial charge in [-0.25, -0.2) is 4.79 Å². The summed E-state index contributed by atoms with van der Waals surface area (Å²) >= 11 is 1.27. The Balaban J connectivity index is 1.94. The molecule has 2 rings (SSSR count). The second kappa shape index (κ2) is 8.26. The molecular formula is C17H18N2O4S. The Morgan fingerprint density at radius 2 is 1.79 bits per heavy atom. The fraction of sp³-hybridized carbons (Fsp3) is 0.235. The van der Waals surface area contributed by atoms with Crippen molar-refractivity contribution >= 4 is 29.1 Å². The van der Waals surface area contributed by atoms with Gasteiger partial charge in [-0.3, -0.25) is 9.59 Å². The van der Waals surface area contributed by atoms with Gasteiger partial charge in [-0.15, -0.1) is 11.3 Å². The summed E-state index contributed by atoms with van der Waals surface area (Å²) in [5.41, 5.74) is 0.806. The highest BCUT2D eigenvalue weighted by Gasteiger charge is 2.24. The lowest BCUT2D eigenvalue weighted by molar-refractivity contribution is -0.142. The van der Waals surface area contributed by atoms with Crippen molar-refractivity contribution in [3.8, 4) is 0 Å². The summed E-state index contributed by atoms with van der Waals surface area (Å²) in [6, 6.07) is 10.5. The summed E-state index contributed by atoms with van der Waals surface area (Å²) in [6.07, 6.45) is 0.174. The Morgan fingerprint density at radius 1 is 1.08 bits per heavy atom. The maximum atomic E-state index is 12.2. The molecule has 0 bridgehead atoms. The van der Waals surface area contributed by atoms with Gasteiger partial charge in [-0.1, -0.05) is 36.4 Å². The normalized spacial score (nSPS) is 12.9. The summed E-state index contributed by atoms with van der Waals surface area (Å²) in [6.45, 7) is 1.52. The van der Waals surface area contributed by atoms with Crippen molar-refractivity contribution < 1.29 is 19.5 Å². The Kier molecular flexibility index (Phi) is 6.08. The summed E-state index contributed by atoms with van der Waals surface area (Å²) in [5.74, 6) is -2.02. The molecule has 2 unspecified atom stereocenters. The third kappa shape index (κ3) is 4.92. The van der Waals surface area contributed by atoms with Gasteiger partial charge in [0, 0.05) is 6.42 Å². The molecule has 1 aromatic carbocycles. The fourth-order valence-electron chi connectivity index (χ4n) is 2.09. The molecule has 0 aliphatic carbocycles. The Hall–Kier alpha value is -2.67. The van der Waals surface area contributed by atoms with E-state index in [1.165, 1.54) is 18.3 Å². The molecule has 1 aromatic heterocycles. The largest absolute Gasteiger partial charge is 0.480 e. The summed E-state index contributed by atoms with van der Waals surface area (Å²) < 4.78 is 0. The van der Waals surface area contributed by atoms with E-state index in [-0.39, 0.29) is 12.3 Å². The fourth-order valence-corrected chi connectivity index (χ4v) is 2.71. The number of aliphatic carboxylic acids is 1. The van der Waals surface area contributed by atoms with E-state index in [1.807, 2.05) is 6.07 Å². The van der Waals surface area contributed by atoms with Crippen molar-refractivity contribution in [2.45, 2.75) is 25.4 Å². The van der Waals surface area contributed by atoms with E-state index >= 15 is 0 Å². The standard InChI is InChI=1S/C17H18N2O4S/c1-11(18-16(21)14-8-5-9-24-14)15(20)19-13(17(22)23)10-12-6-3-2-4-7-12/h2-9,11,13H,10H2,1H3,(H,18,21)(H,19,20)(H,22,23). The monoisotopic (exact) mass is 346 g/mol. The molecule has 0 radical (unpaired) electrons. The summed E-state index contributed by atoms with van der Waals surface area (Å²) in [4.78, 5) is 36.0. The van der Waals surface area contributed by atoms with E-state index in [4.69, 9.17) is 0 Å². The molecule has 0 saturated carbocycles. The van der Waals surface area contributed by atoms with Crippen LogP contribution in [0.15, 0.2) is 47.8 Å². The van der Waals surface area contributed by atoms with Gasteiger partial charge in [-0.05, 0) is 23.9 Å². The first kappa shape index (κ1) is 17.7. The zero-order valence-electron chi connectivity index (χ0n) is 13.1.